The minimum atomic E-state index is -0.274. The van der Waals surface area contributed by atoms with Crippen molar-refractivity contribution in [2.45, 2.75) is 25.4 Å². The quantitative estimate of drug-likeness (QED) is 0.749. The van der Waals surface area contributed by atoms with Crippen molar-refractivity contribution in [1.82, 2.24) is 0 Å². The van der Waals surface area contributed by atoms with E-state index < -0.39 is 0 Å². The summed E-state index contributed by atoms with van der Waals surface area (Å²) in [5.41, 5.74) is 1.15. The molecule has 1 aliphatic heterocycles. The van der Waals surface area contributed by atoms with E-state index in [-0.39, 0.29) is 12.0 Å². The molecule has 0 spiro atoms. The third-order valence-electron chi connectivity index (χ3n) is 2.62. The molecular weight excluding hydrogens is 164 g/mol. The first-order chi connectivity index (χ1) is 6.33. The van der Waals surface area contributed by atoms with Gasteiger partial charge in [0.25, 0.3) is 0 Å². The zero-order valence-electron chi connectivity index (χ0n) is 7.73. The summed E-state index contributed by atoms with van der Waals surface area (Å²) in [4.78, 5) is 0. The Kier molecular flexibility index (Phi) is 2.23. The van der Waals surface area contributed by atoms with Gasteiger partial charge in [0, 0.05) is 11.5 Å². The highest BCUT2D eigenvalue weighted by molar-refractivity contribution is 5.40. The van der Waals surface area contributed by atoms with Gasteiger partial charge in [0.1, 0.15) is 5.75 Å². The molecule has 1 aromatic carbocycles. The Morgan fingerprint density at radius 1 is 1.54 bits per heavy atom. The fourth-order valence-corrected chi connectivity index (χ4v) is 1.79. The molecule has 1 N–H and O–H groups in total. The minimum absolute atomic E-state index is 0.168. The Balaban J connectivity index is 2.28. The molecule has 13 heavy (non-hydrogen) atoms. The van der Waals surface area contributed by atoms with Crippen molar-refractivity contribution in [3.8, 4) is 5.75 Å². The Hall–Kier alpha value is -1.02. The van der Waals surface area contributed by atoms with Crippen LogP contribution in [0.3, 0.4) is 0 Å². The molecule has 2 nitrogen and oxygen atoms in total. The van der Waals surface area contributed by atoms with Gasteiger partial charge in [0.05, 0.1) is 12.7 Å². The molecule has 2 rings (SSSR count). The average Bonchev–Trinajstić information content (AvgIpc) is 2.60. The summed E-state index contributed by atoms with van der Waals surface area (Å²) in [6.45, 7) is 2.61. The van der Waals surface area contributed by atoms with E-state index in [2.05, 4.69) is 0 Å². The van der Waals surface area contributed by atoms with Gasteiger partial charge in [0.15, 0.2) is 0 Å². The maximum Gasteiger partial charge on any atom is 0.123 e. The SMILES string of the molecule is CC[C@@H](O)C1COc2ccccc21. The Labute approximate surface area is 78.2 Å². The van der Waals surface area contributed by atoms with Crippen LogP contribution in [0.2, 0.25) is 0 Å². The summed E-state index contributed by atoms with van der Waals surface area (Å²) in [6.07, 6.45) is 0.506. The molecule has 2 atom stereocenters. The average molecular weight is 178 g/mol. The van der Waals surface area contributed by atoms with Crippen LogP contribution >= 0.6 is 0 Å². The topological polar surface area (TPSA) is 29.5 Å². The second-order valence-electron chi connectivity index (χ2n) is 3.43. The number of aliphatic hydroxyl groups excluding tert-OH is 1. The number of para-hydroxylation sites is 1. The molecule has 70 valence electrons. The standard InChI is InChI=1S/C11H14O2/c1-2-10(12)9-7-13-11-6-4-3-5-8(9)11/h3-6,9-10,12H,2,7H2,1H3/t9?,10-/m1/s1. The van der Waals surface area contributed by atoms with Crippen molar-refractivity contribution >= 4 is 0 Å². The number of hydrogen-bond donors (Lipinski definition) is 1. The van der Waals surface area contributed by atoms with Crippen LogP contribution in [0.4, 0.5) is 0 Å². The Morgan fingerprint density at radius 3 is 3.08 bits per heavy atom. The molecule has 0 saturated heterocycles. The van der Waals surface area contributed by atoms with E-state index in [0.29, 0.717) is 6.61 Å². The van der Waals surface area contributed by atoms with Crippen LogP contribution in [-0.2, 0) is 0 Å². The number of hydrogen-bond acceptors (Lipinski definition) is 2. The molecule has 0 amide bonds. The van der Waals surface area contributed by atoms with Gasteiger partial charge >= 0.3 is 0 Å². The molecule has 0 saturated carbocycles. The monoisotopic (exact) mass is 178 g/mol. The maximum atomic E-state index is 9.72. The lowest BCUT2D eigenvalue weighted by molar-refractivity contribution is 0.125. The zero-order chi connectivity index (χ0) is 9.26. The van der Waals surface area contributed by atoms with Gasteiger partial charge in [-0.2, -0.15) is 0 Å². The molecule has 1 heterocycles. The summed E-state index contributed by atoms with van der Waals surface area (Å²) < 4.78 is 5.47. The predicted molar refractivity (Wildman–Crippen MR) is 51.0 cm³/mol. The fourth-order valence-electron chi connectivity index (χ4n) is 1.79. The number of ether oxygens (including phenoxy) is 1. The van der Waals surface area contributed by atoms with Gasteiger partial charge < -0.3 is 9.84 Å². The van der Waals surface area contributed by atoms with Gasteiger partial charge in [-0.15, -0.1) is 0 Å². The molecule has 0 radical (unpaired) electrons. The number of aliphatic hydroxyl groups is 1. The van der Waals surface area contributed by atoms with Gasteiger partial charge in [-0.3, -0.25) is 0 Å². The summed E-state index contributed by atoms with van der Waals surface area (Å²) in [7, 11) is 0. The summed E-state index contributed by atoms with van der Waals surface area (Å²) in [6, 6.07) is 7.94. The summed E-state index contributed by atoms with van der Waals surface area (Å²) in [5, 5.41) is 9.72. The number of fused-ring (bicyclic) bond motifs is 1. The van der Waals surface area contributed by atoms with Crippen molar-refractivity contribution in [2.75, 3.05) is 6.61 Å². The highest BCUT2D eigenvalue weighted by Crippen LogP contribution is 2.36. The van der Waals surface area contributed by atoms with Gasteiger partial charge in [-0.1, -0.05) is 25.1 Å². The lowest BCUT2D eigenvalue weighted by atomic mass is 9.94. The molecule has 1 unspecified atom stereocenters. The zero-order valence-corrected chi connectivity index (χ0v) is 7.73. The number of rotatable bonds is 2. The van der Waals surface area contributed by atoms with Gasteiger partial charge in [0.2, 0.25) is 0 Å². The lowest BCUT2D eigenvalue weighted by Crippen LogP contribution is -2.18. The predicted octanol–water partition coefficient (Wildman–Crippen LogP) is 1.93. The minimum Gasteiger partial charge on any atom is -0.493 e. The van der Waals surface area contributed by atoms with E-state index in [1.165, 1.54) is 0 Å². The smallest absolute Gasteiger partial charge is 0.123 e. The van der Waals surface area contributed by atoms with Crippen LogP contribution < -0.4 is 4.74 Å². The Bertz CT molecular complexity index is 296. The van der Waals surface area contributed by atoms with Crippen molar-refractivity contribution in [3.63, 3.8) is 0 Å². The number of benzene rings is 1. The van der Waals surface area contributed by atoms with Crippen molar-refractivity contribution in [3.05, 3.63) is 29.8 Å². The van der Waals surface area contributed by atoms with Crippen LogP contribution in [-0.4, -0.2) is 17.8 Å². The van der Waals surface area contributed by atoms with Gasteiger partial charge in [-0.05, 0) is 12.5 Å². The molecule has 1 aliphatic rings. The molecule has 0 aromatic heterocycles. The van der Waals surface area contributed by atoms with Crippen molar-refractivity contribution in [1.29, 1.82) is 0 Å². The van der Waals surface area contributed by atoms with Crippen LogP contribution in [0.5, 0.6) is 5.75 Å². The van der Waals surface area contributed by atoms with Gasteiger partial charge in [-0.25, -0.2) is 0 Å². The van der Waals surface area contributed by atoms with E-state index in [9.17, 15) is 5.11 Å². The first-order valence-corrected chi connectivity index (χ1v) is 4.72. The first-order valence-electron chi connectivity index (χ1n) is 4.72. The molecule has 0 bridgehead atoms. The summed E-state index contributed by atoms with van der Waals surface area (Å²) >= 11 is 0. The van der Waals surface area contributed by atoms with E-state index >= 15 is 0 Å². The molecular formula is C11H14O2. The van der Waals surface area contributed by atoms with Crippen molar-refractivity contribution in [2.24, 2.45) is 0 Å². The van der Waals surface area contributed by atoms with E-state index in [1.54, 1.807) is 0 Å². The van der Waals surface area contributed by atoms with Crippen molar-refractivity contribution < 1.29 is 9.84 Å². The van der Waals surface area contributed by atoms with Crippen LogP contribution in [0, 0.1) is 0 Å². The third-order valence-corrected chi connectivity index (χ3v) is 2.62. The second kappa shape index (κ2) is 3.38. The molecule has 2 heteroatoms. The van der Waals surface area contributed by atoms with E-state index in [1.807, 2.05) is 31.2 Å². The van der Waals surface area contributed by atoms with Crippen LogP contribution in [0.15, 0.2) is 24.3 Å². The fraction of sp³-hybridized carbons (Fsp3) is 0.455. The lowest BCUT2D eigenvalue weighted by Gasteiger charge is -2.14. The molecule has 1 aromatic rings. The Morgan fingerprint density at radius 2 is 2.31 bits per heavy atom. The van der Waals surface area contributed by atoms with Crippen LogP contribution in [0.25, 0.3) is 0 Å². The first kappa shape index (κ1) is 8.57. The summed E-state index contributed by atoms with van der Waals surface area (Å²) in [5.74, 6) is 1.10. The highest BCUT2D eigenvalue weighted by Gasteiger charge is 2.28. The second-order valence-corrected chi connectivity index (χ2v) is 3.43. The van der Waals surface area contributed by atoms with E-state index in [0.717, 1.165) is 17.7 Å². The van der Waals surface area contributed by atoms with E-state index in [4.69, 9.17) is 4.74 Å². The third kappa shape index (κ3) is 1.42. The molecule has 0 fully saturated rings. The largest absolute Gasteiger partial charge is 0.493 e. The van der Waals surface area contributed by atoms with Crippen LogP contribution in [0.1, 0.15) is 24.8 Å². The normalized spacial score (nSPS) is 22.2. The maximum absolute atomic E-state index is 9.72. The highest BCUT2D eigenvalue weighted by atomic mass is 16.5. The molecule has 0 aliphatic carbocycles.